The highest BCUT2D eigenvalue weighted by Crippen LogP contribution is 2.42. The van der Waals surface area contributed by atoms with E-state index in [0.717, 1.165) is 6.42 Å². The number of hydrogen-bond acceptors (Lipinski definition) is 4. The molecule has 28 heavy (non-hydrogen) atoms. The number of ether oxygens (including phenoxy) is 1. The molecule has 0 saturated heterocycles. The van der Waals surface area contributed by atoms with E-state index < -0.39 is 17.8 Å². The minimum atomic E-state index is -0.969. The Bertz CT molecular complexity index is 732. The normalized spacial score (nSPS) is 22.9. The van der Waals surface area contributed by atoms with Crippen molar-refractivity contribution in [3.8, 4) is 0 Å². The fraction of sp³-hybridized carbons (Fsp3) is 0.542. The molecule has 0 spiro atoms. The lowest BCUT2D eigenvalue weighted by Crippen LogP contribution is -2.40. The summed E-state index contributed by atoms with van der Waals surface area (Å²) in [6.45, 7) is 10.0. The number of ketones is 2. The van der Waals surface area contributed by atoms with Crippen LogP contribution in [0.15, 0.2) is 42.5 Å². The van der Waals surface area contributed by atoms with Gasteiger partial charge in [0.2, 0.25) is 0 Å². The van der Waals surface area contributed by atoms with Crippen molar-refractivity contribution in [2.75, 3.05) is 6.61 Å². The summed E-state index contributed by atoms with van der Waals surface area (Å²) in [5, 5.41) is 0. The molecule has 4 heteroatoms. The minimum absolute atomic E-state index is 0.115. The van der Waals surface area contributed by atoms with Gasteiger partial charge in [-0.15, -0.1) is 0 Å². The maximum Gasteiger partial charge on any atom is 0.317 e. The molecule has 0 amide bonds. The summed E-state index contributed by atoms with van der Waals surface area (Å²) in [4.78, 5) is 38.8. The number of hydrogen-bond donors (Lipinski definition) is 0. The largest absolute Gasteiger partial charge is 0.465 e. The molecule has 1 aliphatic carbocycles. The zero-order valence-corrected chi connectivity index (χ0v) is 17.6. The molecule has 1 aromatic carbocycles. The van der Waals surface area contributed by atoms with E-state index in [9.17, 15) is 14.4 Å². The number of carbonyl (C=O) groups is 3. The van der Waals surface area contributed by atoms with Crippen LogP contribution in [0.1, 0.15) is 57.8 Å². The van der Waals surface area contributed by atoms with Gasteiger partial charge in [0.25, 0.3) is 0 Å². The average molecular weight is 385 g/mol. The Morgan fingerprint density at radius 1 is 1.18 bits per heavy atom. The molecular weight excluding hydrogens is 352 g/mol. The van der Waals surface area contributed by atoms with Crippen LogP contribution in [-0.4, -0.2) is 24.1 Å². The van der Waals surface area contributed by atoms with Gasteiger partial charge in [0.15, 0.2) is 5.78 Å². The van der Waals surface area contributed by atoms with E-state index in [1.807, 2.05) is 6.07 Å². The lowest BCUT2D eigenvalue weighted by molar-refractivity contribution is -0.148. The zero-order chi connectivity index (χ0) is 20.9. The maximum absolute atomic E-state index is 13.2. The number of Topliss-reactive ketones (excluding diaryl/α,β-unsaturated/α-hetero) is 2. The molecule has 0 saturated carbocycles. The first-order valence-electron chi connectivity index (χ1n) is 10.1. The van der Waals surface area contributed by atoms with E-state index in [1.54, 1.807) is 38.1 Å². The maximum atomic E-state index is 13.2. The van der Waals surface area contributed by atoms with Crippen LogP contribution in [0.3, 0.4) is 0 Å². The van der Waals surface area contributed by atoms with Gasteiger partial charge < -0.3 is 4.74 Å². The standard InChI is InChI=1S/C24H32O4/c1-6-28-23(27)20(22(26)18-12-8-7-9-13-18)17(3)15-19(25)21-16(2)11-10-14-24(21,4)5/h7-13,16-17,20-21H,6,14-15H2,1-5H3. The van der Waals surface area contributed by atoms with Crippen LogP contribution in [0, 0.1) is 29.1 Å². The third-order valence-electron chi connectivity index (χ3n) is 5.77. The lowest BCUT2D eigenvalue weighted by Gasteiger charge is -2.39. The van der Waals surface area contributed by atoms with Crippen molar-refractivity contribution in [2.45, 2.75) is 47.5 Å². The summed E-state index contributed by atoms with van der Waals surface area (Å²) in [6, 6.07) is 8.75. The molecule has 0 N–H and O–H groups in total. The highest BCUT2D eigenvalue weighted by molar-refractivity contribution is 6.09. The van der Waals surface area contributed by atoms with Crippen LogP contribution in [-0.2, 0) is 14.3 Å². The van der Waals surface area contributed by atoms with Crippen LogP contribution in [0.4, 0.5) is 0 Å². The van der Waals surface area contributed by atoms with Crippen molar-refractivity contribution in [2.24, 2.45) is 29.1 Å². The van der Waals surface area contributed by atoms with Crippen molar-refractivity contribution < 1.29 is 19.1 Å². The van der Waals surface area contributed by atoms with Crippen LogP contribution in [0.5, 0.6) is 0 Å². The topological polar surface area (TPSA) is 60.4 Å². The van der Waals surface area contributed by atoms with E-state index in [0.29, 0.717) is 5.56 Å². The fourth-order valence-electron chi connectivity index (χ4n) is 4.44. The molecule has 0 aromatic heterocycles. The molecule has 0 aliphatic heterocycles. The van der Waals surface area contributed by atoms with Gasteiger partial charge in [-0.25, -0.2) is 0 Å². The Hall–Kier alpha value is -2.23. The van der Waals surface area contributed by atoms with Crippen molar-refractivity contribution in [1.29, 1.82) is 0 Å². The lowest BCUT2D eigenvalue weighted by atomic mass is 9.64. The summed E-state index contributed by atoms with van der Waals surface area (Å²) in [5.74, 6) is -2.08. The van der Waals surface area contributed by atoms with Crippen LogP contribution in [0.2, 0.25) is 0 Å². The molecule has 0 fully saturated rings. The van der Waals surface area contributed by atoms with Crippen LogP contribution < -0.4 is 0 Å². The van der Waals surface area contributed by atoms with Gasteiger partial charge >= 0.3 is 5.97 Å². The van der Waals surface area contributed by atoms with E-state index in [-0.39, 0.29) is 41.8 Å². The van der Waals surface area contributed by atoms with E-state index in [2.05, 4.69) is 32.9 Å². The molecule has 1 aromatic rings. The number of allylic oxidation sites excluding steroid dienone is 2. The smallest absolute Gasteiger partial charge is 0.317 e. The van der Waals surface area contributed by atoms with Gasteiger partial charge in [-0.1, -0.05) is 70.2 Å². The van der Waals surface area contributed by atoms with Gasteiger partial charge in [-0.2, -0.15) is 0 Å². The molecule has 0 heterocycles. The van der Waals surface area contributed by atoms with Crippen molar-refractivity contribution in [1.82, 2.24) is 0 Å². The molecule has 4 atom stereocenters. The Morgan fingerprint density at radius 2 is 1.82 bits per heavy atom. The predicted octanol–water partition coefficient (Wildman–Crippen LogP) is 4.88. The summed E-state index contributed by atoms with van der Waals surface area (Å²) >= 11 is 0. The first-order valence-corrected chi connectivity index (χ1v) is 10.1. The quantitative estimate of drug-likeness (QED) is 0.277. The first kappa shape index (κ1) is 22.1. The summed E-state index contributed by atoms with van der Waals surface area (Å²) in [6.07, 6.45) is 5.27. The molecule has 0 bridgehead atoms. The van der Waals surface area contributed by atoms with Crippen LogP contribution in [0.25, 0.3) is 0 Å². The SMILES string of the molecule is CCOC(=O)C(C(=O)c1ccccc1)C(C)CC(=O)C1C(C)C=CCC1(C)C. The van der Waals surface area contributed by atoms with Crippen molar-refractivity contribution >= 4 is 17.5 Å². The fourth-order valence-corrected chi connectivity index (χ4v) is 4.44. The molecule has 0 radical (unpaired) electrons. The number of esters is 1. The van der Waals surface area contributed by atoms with Crippen LogP contribution >= 0.6 is 0 Å². The number of benzene rings is 1. The van der Waals surface area contributed by atoms with Gasteiger partial charge in [0.05, 0.1) is 6.61 Å². The second kappa shape index (κ2) is 9.31. The van der Waals surface area contributed by atoms with Gasteiger partial charge in [0, 0.05) is 17.9 Å². The Labute approximate surface area is 168 Å². The third kappa shape index (κ3) is 4.98. The Balaban J connectivity index is 2.23. The summed E-state index contributed by atoms with van der Waals surface area (Å²) in [7, 11) is 0. The molecule has 1 aliphatic rings. The molecule has 152 valence electrons. The predicted molar refractivity (Wildman–Crippen MR) is 110 cm³/mol. The second-order valence-electron chi connectivity index (χ2n) is 8.57. The summed E-state index contributed by atoms with van der Waals surface area (Å²) < 4.78 is 5.17. The average Bonchev–Trinajstić information content (AvgIpc) is 2.61. The van der Waals surface area contributed by atoms with Gasteiger partial charge in [-0.05, 0) is 30.6 Å². The third-order valence-corrected chi connectivity index (χ3v) is 5.77. The first-order chi connectivity index (χ1) is 13.2. The van der Waals surface area contributed by atoms with Crippen molar-refractivity contribution in [3.63, 3.8) is 0 Å². The summed E-state index contributed by atoms with van der Waals surface area (Å²) in [5.41, 5.74) is 0.336. The van der Waals surface area contributed by atoms with Gasteiger partial charge in [-0.3, -0.25) is 14.4 Å². The highest BCUT2D eigenvalue weighted by atomic mass is 16.5. The number of carbonyl (C=O) groups excluding carboxylic acids is 3. The molecule has 4 unspecified atom stereocenters. The monoisotopic (exact) mass is 384 g/mol. The van der Waals surface area contributed by atoms with E-state index in [1.165, 1.54) is 0 Å². The minimum Gasteiger partial charge on any atom is -0.465 e. The van der Waals surface area contributed by atoms with Crippen molar-refractivity contribution in [3.05, 3.63) is 48.0 Å². The van der Waals surface area contributed by atoms with E-state index >= 15 is 0 Å². The van der Waals surface area contributed by atoms with E-state index in [4.69, 9.17) is 4.74 Å². The number of rotatable bonds is 8. The molecule has 4 nitrogen and oxygen atoms in total. The Kier molecular flexibility index (Phi) is 7.34. The second-order valence-corrected chi connectivity index (χ2v) is 8.57. The highest BCUT2D eigenvalue weighted by Gasteiger charge is 2.42. The van der Waals surface area contributed by atoms with Gasteiger partial charge in [0.1, 0.15) is 11.7 Å². The molecule has 2 rings (SSSR count). The molecular formula is C24H32O4. The Morgan fingerprint density at radius 3 is 2.39 bits per heavy atom. The zero-order valence-electron chi connectivity index (χ0n) is 17.6.